The highest BCUT2D eigenvalue weighted by Gasteiger charge is 2.15. The maximum absolute atomic E-state index is 12.0. The Morgan fingerprint density at radius 3 is 2.50 bits per heavy atom. The van der Waals surface area contributed by atoms with Crippen molar-refractivity contribution in [2.24, 2.45) is 12.8 Å². The summed E-state index contributed by atoms with van der Waals surface area (Å²) in [7, 11) is -1.91. The predicted octanol–water partition coefficient (Wildman–Crippen LogP) is 0.680. The lowest BCUT2D eigenvalue weighted by Crippen LogP contribution is -2.12. The zero-order valence-electron chi connectivity index (χ0n) is 9.87. The van der Waals surface area contributed by atoms with E-state index in [9.17, 15) is 8.42 Å². The lowest BCUT2D eigenvalue weighted by molar-refractivity contribution is 0.601. The number of sulfonamides is 1. The third kappa shape index (κ3) is 2.69. The number of nitrogens with two attached hydrogens (primary N) is 1. The van der Waals surface area contributed by atoms with Gasteiger partial charge in [0.1, 0.15) is 4.90 Å². The number of anilines is 1. The highest BCUT2D eigenvalue weighted by atomic mass is 32.2. The fraction of sp³-hybridized carbons (Fsp3) is 0.182. The van der Waals surface area contributed by atoms with Gasteiger partial charge in [0.05, 0.1) is 6.20 Å². The van der Waals surface area contributed by atoms with E-state index in [1.165, 1.54) is 17.1 Å². The second kappa shape index (κ2) is 4.79. The van der Waals surface area contributed by atoms with Crippen molar-refractivity contribution in [2.45, 2.75) is 11.4 Å². The van der Waals surface area contributed by atoms with E-state index in [-0.39, 0.29) is 4.90 Å². The zero-order chi connectivity index (χ0) is 13.2. The Hall–Kier alpha value is -1.86. The third-order valence-corrected chi connectivity index (χ3v) is 3.77. The van der Waals surface area contributed by atoms with Gasteiger partial charge >= 0.3 is 0 Å². The van der Waals surface area contributed by atoms with Gasteiger partial charge in [-0.05, 0) is 17.7 Å². The Bertz CT molecular complexity index is 631. The van der Waals surface area contributed by atoms with Crippen molar-refractivity contribution in [2.75, 3.05) is 4.72 Å². The number of nitrogens with zero attached hydrogens (tertiary/aromatic N) is 2. The van der Waals surface area contributed by atoms with Gasteiger partial charge in [0.2, 0.25) is 0 Å². The summed E-state index contributed by atoms with van der Waals surface area (Å²) in [4.78, 5) is 0.132. The number of rotatable bonds is 4. The summed E-state index contributed by atoms with van der Waals surface area (Å²) in [5, 5.41) is 3.83. The summed E-state index contributed by atoms with van der Waals surface area (Å²) in [6.45, 7) is 0.426. The third-order valence-electron chi connectivity index (χ3n) is 2.43. The highest BCUT2D eigenvalue weighted by molar-refractivity contribution is 7.92. The van der Waals surface area contributed by atoms with E-state index in [4.69, 9.17) is 5.73 Å². The van der Waals surface area contributed by atoms with Crippen molar-refractivity contribution < 1.29 is 8.42 Å². The van der Waals surface area contributed by atoms with E-state index in [1.807, 2.05) is 0 Å². The van der Waals surface area contributed by atoms with E-state index in [0.717, 1.165) is 5.56 Å². The zero-order valence-corrected chi connectivity index (χ0v) is 10.7. The maximum atomic E-state index is 12.0. The molecule has 2 rings (SSSR count). The number of hydrogen-bond acceptors (Lipinski definition) is 4. The van der Waals surface area contributed by atoms with Gasteiger partial charge in [0.15, 0.2) is 0 Å². The number of nitrogens with one attached hydrogen (secondary N) is 1. The molecule has 0 aliphatic rings. The van der Waals surface area contributed by atoms with Crippen LogP contribution in [0.1, 0.15) is 5.56 Å². The Morgan fingerprint density at radius 2 is 2.00 bits per heavy atom. The van der Waals surface area contributed by atoms with Gasteiger partial charge < -0.3 is 5.73 Å². The van der Waals surface area contributed by atoms with Crippen LogP contribution >= 0.6 is 0 Å². The first-order valence-corrected chi connectivity index (χ1v) is 6.80. The molecule has 0 unspecified atom stereocenters. The molecule has 0 saturated carbocycles. The molecule has 1 aromatic carbocycles. The summed E-state index contributed by atoms with van der Waals surface area (Å²) in [6, 6.07) is 6.91. The standard InChI is InChI=1S/C11H14N4O2S/c1-15-8-11(7-13-15)18(16,17)14-10-4-2-9(6-12)3-5-10/h2-5,7-8,14H,6,12H2,1H3. The van der Waals surface area contributed by atoms with E-state index in [2.05, 4.69) is 9.82 Å². The molecule has 0 fully saturated rings. The maximum Gasteiger partial charge on any atom is 0.265 e. The first kappa shape index (κ1) is 12.6. The topological polar surface area (TPSA) is 90.0 Å². The highest BCUT2D eigenvalue weighted by Crippen LogP contribution is 2.15. The van der Waals surface area contributed by atoms with Crippen LogP contribution in [0.2, 0.25) is 0 Å². The average Bonchev–Trinajstić information content (AvgIpc) is 2.77. The van der Waals surface area contributed by atoms with Crippen LogP contribution in [0.5, 0.6) is 0 Å². The van der Waals surface area contributed by atoms with Crippen LogP contribution < -0.4 is 10.5 Å². The van der Waals surface area contributed by atoms with Crippen LogP contribution in [0.15, 0.2) is 41.6 Å². The minimum Gasteiger partial charge on any atom is -0.326 e. The molecule has 0 amide bonds. The summed E-state index contributed by atoms with van der Waals surface area (Å²) in [6.07, 6.45) is 2.74. The lowest BCUT2D eigenvalue weighted by Gasteiger charge is -2.06. The average molecular weight is 266 g/mol. The van der Waals surface area contributed by atoms with Gasteiger partial charge in [-0.15, -0.1) is 0 Å². The minimum absolute atomic E-state index is 0.132. The molecule has 6 nitrogen and oxygen atoms in total. The molecular weight excluding hydrogens is 252 g/mol. The molecule has 7 heteroatoms. The van der Waals surface area contributed by atoms with Crippen molar-refractivity contribution in [3.05, 3.63) is 42.2 Å². The van der Waals surface area contributed by atoms with Gasteiger partial charge in [-0.2, -0.15) is 5.10 Å². The van der Waals surface area contributed by atoms with Crippen LogP contribution in [0.4, 0.5) is 5.69 Å². The summed E-state index contributed by atoms with van der Waals surface area (Å²) in [5.41, 5.74) is 6.91. The quantitative estimate of drug-likeness (QED) is 0.851. The Kier molecular flexibility index (Phi) is 3.35. The van der Waals surface area contributed by atoms with E-state index in [1.54, 1.807) is 31.3 Å². The molecule has 0 aliphatic heterocycles. The molecule has 0 spiro atoms. The molecule has 0 radical (unpaired) electrons. The van der Waals surface area contributed by atoms with Crippen LogP contribution in [0.25, 0.3) is 0 Å². The van der Waals surface area contributed by atoms with Crippen LogP contribution in [0.3, 0.4) is 0 Å². The van der Waals surface area contributed by atoms with Crippen molar-refractivity contribution in [3.63, 3.8) is 0 Å². The van der Waals surface area contributed by atoms with Crippen LogP contribution in [-0.2, 0) is 23.6 Å². The number of benzene rings is 1. The molecule has 3 N–H and O–H groups in total. The van der Waals surface area contributed by atoms with Gasteiger partial charge in [-0.25, -0.2) is 8.42 Å². The Balaban J connectivity index is 2.22. The molecular formula is C11H14N4O2S. The van der Waals surface area contributed by atoms with Gasteiger partial charge in [-0.1, -0.05) is 12.1 Å². The summed E-state index contributed by atoms with van der Waals surface area (Å²) >= 11 is 0. The molecule has 0 aliphatic carbocycles. The van der Waals surface area contributed by atoms with E-state index in [0.29, 0.717) is 12.2 Å². The molecule has 0 atom stereocenters. The van der Waals surface area contributed by atoms with Crippen molar-refractivity contribution >= 4 is 15.7 Å². The lowest BCUT2D eigenvalue weighted by atomic mass is 10.2. The van der Waals surface area contributed by atoms with E-state index < -0.39 is 10.0 Å². The second-order valence-corrected chi connectivity index (χ2v) is 5.54. The van der Waals surface area contributed by atoms with Gasteiger partial charge in [0.25, 0.3) is 10.0 Å². The second-order valence-electron chi connectivity index (χ2n) is 3.86. The first-order valence-electron chi connectivity index (χ1n) is 5.32. The summed E-state index contributed by atoms with van der Waals surface area (Å²) < 4.78 is 27.9. The molecule has 2 aromatic rings. The van der Waals surface area contributed by atoms with Crippen LogP contribution in [-0.4, -0.2) is 18.2 Å². The molecule has 0 bridgehead atoms. The fourth-order valence-corrected chi connectivity index (χ4v) is 2.50. The molecule has 0 saturated heterocycles. The Labute approximate surface area is 105 Å². The molecule has 96 valence electrons. The number of aromatic nitrogens is 2. The SMILES string of the molecule is Cn1cc(S(=O)(=O)Nc2ccc(CN)cc2)cn1. The fourth-order valence-electron chi connectivity index (χ4n) is 1.46. The Morgan fingerprint density at radius 1 is 1.33 bits per heavy atom. The largest absolute Gasteiger partial charge is 0.326 e. The minimum atomic E-state index is -3.58. The number of aryl methyl sites for hydroxylation is 1. The summed E-state index contributed by atoms with van der Waals surface area (Å²) in [5.74, 6) is 0. The molecule has 1 aromatic heterocycles. The van der Waals surface area contributed by atoms with Gasteiger partial charge in [0, 0.05) is 25.5 Å². The van der Waals surface area contributed by atoms with Crippen molar-refractivity contribution in [1.29, 1.82) is 0 Å². The molecule has 18 heavy (non-hydrogen) atoms. The van der Waals surface area contributed by atoms with Crippen molar-refractivity contribution in [3.8, 4) is 0 Å². The number of hydrogen-bond donors (Lipinski definition) is 2. The first-order chi connectivity index (χ1) is 8.51. The normalized spacial score (nSPS) is 11.4. The van der Waals surface area contributed by atoms with Crippen LogP contribution in [0, 0.1) is 0 Å². The van der Waals surface area contributed by atoms with Gasteiger partial charge in [-0.3, -0.25) is 9.40 Å². The predicted molar refractivity (Wildman–Crippen MR) is 68.3 cm³/mol. The monoisotopic (exact) mass is 266 g/mol. The smallest absolute Gasteiger partial charge is 0.265 e. The van der Waals surface area contributed by atoms with E-state index >= 15 is 0 Å². The molecule has 1 heterocycles. The van der Waals surface area contributed by atoms with Crippen molar-refractivity contribution in [1.82, 2.24) is 9.78 Å².